The predicted octanol–water partition coefficient (Wildman–Crippen LogP) is 3.84. The first kappa shape index (κ1) is 14.0. The minimum Gasteiger partial charge on any atom is -0.490 e. The summed E-state index contributed by atoms with van der Waals surface area (Å²) in [6, 6.07) is 15.4. The van der Waals surface area contributed by atoms with Crippen molar-refractivity contribution >= 4 is 0 Å². The fourth-order valence-electron chi connectivity index (χ4n) is 1.89. The van der Waals surface area contributed by atoms with Crippen LogP contribution in [0.5, 0.6) is 11.5 Å². The second-order valence-corrected chi connectivity index (χ2v) is 4.42. The molecule has 0 saturated heterocycles. The van der Waals surface area contributed by atoms with Gasteiger partial charge >= 0.3 is 0 Å². The zero-order valence-electron chi connectivity index (χ0n) is 11.7. The average molecular weight is 267 g/mol. The van der Waals surface area contributed by atoms with Crippen molar-refractivity contribution in [2.24, 2.45) is 0 Å². The molecule has 0 amide bonds. The SMILES string of the molecule is CCOc1cc(C#N)ccc1OCc1ccccc1C. The molecule has 0 spiro atoms. The maximum absolute atomic E-state index is 8.92. The van der Waals surface area contributed by atoms with E-state index in [1.165, 1.54) is 5.56 Å². The van der Waals surface area contributed by atoms with E-state index in [0.717, 1.165) is 5.56 Å². The van der Waals surface area contributed by atoms with Crippen molar-refractivity contribution in [3.05, 3.63) is 59.2 Å². The summed E-state index contributed by atoms with van der Waals surface area (Å²) in [4.78, 5) is 0. The Hall–Kier alpha value is -2.47. The normalized spacial score (nSPS) is 9.85. The molecule has 20 heavy (non-hydrogen) atoms. The molecule has 2 aromatic carbocycles. The monoisotopic (exact) mass is 267 g/mol. The Morgan fingerprint density at radius 2 is 1.85 bits per heavy atom. The van der Waals surface area contributed by atoms with E-state index in [2.05, 4.69) is 19.1 Å². The van der Waals surface area contributed by atoms with Gasteiger partial charge in [-0.15, -0.1) is 0 Å². The first-order chi connectivity index (χ1) is 9.74. The number of ether oxygens (including phenoxy) is 2. The van der Waals surface area contributed by atoms with E-state index < -0.39 is 0 Å². The summed E-state index contributed by atoms with van der Waals surface area (Å²) in [7, 11) is 0. The van der Waals surface area contributed by atoms with Gasteiger partial charge in [0.2, 0.25) is 0 Å². The number of hydrogen-bond donors (Lipinski definition) is 0. The highest BCUT2D eigenvalue weighted by molar-refractivity contribution is 5.47. The third-order valence-corrected chi connectivity index (χ3v) is 3.02. The van der Waals surface area contributed by atoms with Crippen molar-refractivity contribution in [2.75, 3.05) is 6.61 Å². The van der Waals surface area contributed by atoms with Crippen molar-refractivity contribution < 1.29 is 9.47 Å². The summed E-state index contributed by atoms with van der Waals surface area (Å²) in [5.41, 5.74) is 2.90. The number of hydrogen-bond acceptors (Lipinski definition) is 3. The molecular formula is C17H17NO2. The van der Waals surface area contributed by atoms with Crippen molar-refractivity contribution in [3.63, 3.8) is 0 Å². The third kappa shape index (κ3) is 3.30. The van der Waals surface area contributed by atoms with E-state index in [1.54, 1.807) is 18.2 Å². The van der Waals surface area contributed by atoms with Crippen LogP contribution in [0.4, 0.5) is 0 Å². The maximum Gasteiger partial charge on any atom is 0.162 e. The summed E-state index contributed by atoms with van der Waals surface area (Å²) in [5.74, 6) is 1.27. The molecule has 0 fully saturated rings. The molecule has 102 valence electrons. The van der Waals surface area contributed by atoms with Crippen molar-refractivity contribution in [1.29, 1.82) is 5.26 Å². The van der Waals surface area contributed by atoms with Crippen LogP contribution in [0.3, 0.4) is 0 Å². The van der Waals surface area contributed by atoms with Gasteiger partial charge in [0.05, 0.1) is 18.2 Å². The molecule has 0 atom stereocenters. The zero-order chi connectivity index (χ0) is 14.4. The highest BCUT2D eigenvalue weighted by atomic mass is 16.5. The molecular weight excluding hydrogens is 250 g/mol. The molecule has 0 aromatic heterocycles. The molecule has 0 bridgehead atoms. The molecule has 0 radical (unpaired) electrons. The zero-order valence-corrected chi connectivity index (χ0v) is 11.7. The van der Waals surface area contributed by atoms with Crippen LogP contribution in [-0.2, 0) is 6.61 Å². The van der Waals surface area contributed by atoms with Crippen LogP contribution in [0, 0.1) is 18.3 Å². The fraction of sp³-hybridized carbons (Fsp3) is 0.235. The summed E-state index contributed by atoms with van der Waals surface area (Å²) < 4.78 is 11.3. The number of rotatable bonds is 5. The molecule has 0 heterocycles. The van der Waals surface area contributed by atoms with Gasteiger partial charge in [0.25, 0.3) is 0 Å². The number of nitrogens with zero attached hydrogens (tertiary/aromatic N) is 1. The van der Waals surface area contributed by atoms with Gasteiger partial charge in [-0.05, 0) is 37.1 Å². The first-order valence-corrected chi connectivity index (χ1v) is 6.59. The summed E-state index contributed by atoms with van der Waals surface area (Å²) >= 11 is 0. The molecule has 0 N–H and O–H groups in total. The lowest BCUT2D eigenvalue weighted by Crippen LogP contribution is -2.01. The van der Waals surface area contributed by atoms with Crippen LogP contribution in [0.15, 0.2) is 42.5 Å². The van der Waals surface area contributed by atoms with Crippen molar-refractivity contribution in [1.82, 2.24) is 0 Å². The van der Waals surface area contributed by atoms with E-state index >= 15 is 0 Å². The Balaban J connectivity index is 2.17. The van der Waals surface area contributed by atoms with Crippen molar-refractivity contribution in [2.45, 2.75) is 20.5 Å². The quantitative estimate of drug-likeness (QED) is 0.826. The van der Waals surface area contributed by atoms with Gasteiger partial charge in [-0.2, -0.15) is 5.26 Å². The smallest absolute Gasteiger partial charge is 0.162 e. The van der Waals surface area contributed by atoms with E-state index in [1.807, 2.05) is 25.1 Å². The van der Waals surface area contributed by atoms with Crippen LogP contribution >= 0.6 is 0 Å². The van der Waals surface area contributed by atoms with Gasteiger partial charge in [0, 0.05) is 6.07 Å². The molecule has 0 aliphatic carbocycles. The highest BCUT2D eigenvalue weighted by Gasteiger charge is 2.07. The van der Waals surface area contributed by atoms with Crippen LogP contribution < -0.4 is 9.47 Å². The van der Waals surface area contributed by atoms with Crippen LogP contribution in [-0.4, -0.2) is 6.61 Å². The van der Waals surface area contributed by atoms with E-state index in [-0.39, 0.29) is 0 Å². The Kier molecular flexibility index (Phi) is 4.62. The van der Waals surface area contributed by atoms with Gasteiger partial charge < -0.3 is 9.47 Å². The van der Waals surface area contributed by atoms with Gasteiger partial charge in [-0.1, -0.05) is 24.3 Å². The van der Waals surface area contributed by atoms with E-state index in [0.29, 0.717) is 30.3 Å². The lowest BCUT2D eigenvalue weighted by atomic mass is 10.1. The van der Waals surface area contributed by atoms with Gasteiger partial charge in [-0.3, -0.25) is 0 Å². The van der Waals surface area contributed by atoms with Crippen LogP contribution in [0.25, 0.3) is 0 Å². The fourth-order valence-corrected chi connectivity index (χ4v) is 1.89. The summed E-state index contributed by atoms with van der Waals surface area (Å²) in [6.07, 6.45) is 0. The van der Waals surface area contributed by atoms with Gasteiger partial charge in [0.15, 0.2) is 11.5 Å². The minimum absolute atomic E-state index is 0.485. The molecule has 2 aromatic rings. The third-order valence-electron chi connectivity index (χ3n) is 3.02. The van der Waals surface area contributed by atoms with Crippen molar-refractivity contribution in [3.8, 4) is 17.6 Å². The Bertz CT molecular complexity index is 629. The second kappa shape index (κ2) is 6.63. The van der Waals surface area contributed by atoms with Gasteiger partial charge in [0.1, 0.15) is 6.61 Å². The Morgan fingerprint density at radius 1 is 1.05 bits per heavy atom. The second-order valence-electron chi connectivity index (χ2n) is 4.42. The standard InChI is InChI=1S/C17H17NO2/c1-3-19-17-10-14(11-18)8-9-16(17)20-12-15-7-5-4-6-13(15)2/h4-10H,3,12H2,1-2H3. The Morgan fingerprint density at radius 3 is 2.55 bits per heavy atom. The minimum atomic E-state index is 0.485. The van der Waals surface area contributed by atoms with E-state index in [4.69, 9.17) is 14.7 Å². The molecule has 0 aliphatic heterocycles. The summed E-state index contributed by atoms with van der Waals surface area (Å²) in [6.45, 7) is 4.99. The Labute approximate surface area is 119 Å². The first-order valence-electron chi connectivity index (χ1n) is 6.59. The lowest BCUT2D eigenvalue weighted by molar-refractivity contribution is 0.269. The number of aryl methyl sites for hydroxylation is 1. The van der Waals surface area contributed by atoms with Crippen LogP contribution in [0.1, 0.15) is 23.6 Å². The molecule has 2 rings (SSSR count). The number of benzene rings is 2. The predicted molar refractivity (Wildman–Crippen MR) is 77.8 cm³/mol. The molecule has 3 nitrogen and oxygen atoms in total. The number of nitriles is 1. The highest BCUT2D eigenvalue weighted by Crippen LogP contribution is 2.29. The topological polar surface area (TPSA) is 42.2 Å². The molecule has 0 saturated carbocycles. The molecule has 0 aliphatic rings. The average Bonchev–Trinajstić information content (AvgIpc) is 2.47. The largest absolute Gasteiger partial charge is 0.490 e. The maximum atomic E-state index is 8.92. The molecule has 0 unspecified atom stereocenters. The lowest BCUT2D eigenvalue weighted by Gasteiger charge is -2.13. The van der Waals surface area contributed by atoms with E-state index in [9.17, 15) is 0 Å². The summed E-state index contributed by atoms with van der Waals surface area (Å²) in [5, 5.41) is 8.92. The van der Waals surface area contributed by atoms with Crippen LogP contribution in [0.2, 0.25) is 0 Å². The molecule has 3 heteroatoms. The van der Waals surface area contributed by atoms with Gasteiger partial charge in [-0.25, -0.2) is 0 Å².